The van der Waals surface area contributed by atoms with Crippen molar-refractivity contribution in [2.24, 2.45) is 0 Å². The second kappa shape index (κ2) is 6.70. The van der Waals surface area contributed by atoms with Gasteiger partial charge in [0.2, 0.25) is 0 Å². The summed E-state index contributed by atoms with van der Waals surface area (Å²) < 4.78 is 0. The molecule has 0 aromatic heterocycles. The van der Waals surface area contributed by atoms with E-state index in [1.807, 2.05) is 0 Å². The Morgan fingerprint density at radius 2 is 2.06 bits per heavy atom. The number of rotatable bonds is 6. The van der Waals surface area contributed by atoms with Crippen molar-refractivity contribution in [1.82, 2.24) is 0 Å². The average Bonchev–Trinajstić information content (AvgIpc) is 2.29. The topological polar surface area (TPSA) is 65.0 Å². The largest absolute Gasteiger partial charge is 0.396 e. The first-order valence-corrected chi connectivity index (χ1v) is 5.76. The number of aliphatic hydroxyl groups is 1. The second-order valence-electron chi connectivity index (χ2n) is 4.24. The van der Waals surface area contributed by atoms with Crippen molar-refractivity contribution in [2.75, 3.05) is 6.61 Å². The fourth-order valence-corrected chi connectivity index (χ4v) is 1.34. The van der Waals surface area contributed by atoms with Crippen LogP contribution in [0.15, 0.2) is 24.3 Å². The van der Waals surface area contributed by atoms with E-state index < -0.39 is 11.6 Å². The average molecular weight is 275 g/mol. The molecule has 6 heteroatoms. The fraction of sp³-hybridized carbons (Fsp3) is 0.417. The van der Waals surface area contributed by atoms with E-state index in [0.717, 1.165) is 0 Å². The lowest BCUT2D eigenvalue weighted by atomic mass is 10.1. The Morgan fingerprint density at radius 1 is 1.39 bits per heavy atom. The van der Waals surface area contributed by atoms with E-state index in [-0.39, 0.29) is 17.2 Å². The lowest BCUT2D eigenvalue weighted by Gasteiger charge is -2.20. The first-order chi connectivity index (χ1) is 8.46. The van der Waals surface area contributed by atoms with Gasteiger partial charge in [0.25, 0.3) is 0 Å². The van der Waals surface area contributed by atoms with Gasteiger partial charge >= 0.3 is 5.97 Å². The molecule has 0 saturated heterocycles. The summed E-state index contributed by atoms with van der Waals surface area (Å²) in [7, 11) is 0. The highest BCUT2D eigenvalue weighted by atomic mass is 35.5. The number of hydrogen-bond donors (Lipinski definition) is 1. The summed E-state index contributed by atoms with van der Waals surface area (Å²) in [5.41, 5.74) is -0.571. The zero-order valence-corrected chi connectivity index (χ0v) is 10.9. The third-order valence-corrected chi connectivity index (χ3v) is 2.51. The number of benzene rings is 1. The predicted molar refractivity (Wildman–Crippen MR) is 64.8 cm³/mol. The third kappa shape index (κ3) is 4.62. The van der Waals surface area contributed by atoms with E-state index >= 15 is 0 Å². The molecule has 0 heterocycles. The fourth-order valence-electron chi connectivity index (χ4n) is 1.12. The van der Waals surface area contributed by atoms with Crippen molar-refractivity contribution < 1.29 is 24.7 Å². The summed E-state index contributed by atoms with van der Waals surface area (Å²) in [6.45, 7) is 3.31. The molecule has 0 spiro atoms. The van der Waals surface area contributed by atoms with Crippen LogP contribution in [0.5, 0.6) is 0 Å². The molecule has 0 atom stereocenters. The molecule has 0 saturated carbocycles. The molecule has 1 N–H and O–H groups in total. The van der Waals surface area contributed by atoms with Gasteiger partial charge in [-0.3, -0.25) is 4.89 Å². The lowest BCUT2D eigenvalue weighted by Crippen LogP contribution is -2.26. The Balaban J connectivity index is 2.45. The lowest BCUT2D eigenvalue weighted by molar-refractivity contribution is -0.513. The van der Waals surface area contributed by atoms with Crippen LogP contribution < -0.4 is 0 Å². The smallest absolute Gasteiger partial charge is 0.377 e. The number of halogens is 1. The summed E-state index contributed by atoms with van der Waals surface area (Å²) >= 11 is 5.81. The molecule has 1 aromatic carbocycles. The van der Waals surface area contributed by atoms with E-state index in [0.29, 0.717) is 6.42 Å². The molecule has 0 unspecified atom stereocenters. The Labute approximate surface area is 110 Å². The Kier molecular flexibility index (Phi) is 5.55. The molecular formula is C12H15ClO5. The SMILES string of the molecule is CC(C)(CCO)OOOC(=O)c1ccccc1Cl. The van der Waals surface area contributed by atoms with E-state index in [4.69, 9.17) is 21.6 Å². The van der Waals surface area contributed by atoms with Gasteiger partial charge in [0.05, 0.1) is 10.6 Å². The van der Waals surface area contributed by atoms with Crippen molar-refractivity contribution in [2.45, 2.75) is 25.9 Å². The van der Waals surface area contributed by atoms with Gasteiger partial charge in [0.1, 0.15) is 5.60 Å². The summed E-state index contributed by atoms with van der Waals surface area (Å²) in [6, 6.07) is 6.42. The molecule has 0 bridgehead atoms. The molecule has 1 aromatic rings. The summed E-state index contributed by atoms with van der Waals surface area (Å²) in [5, 5.41) is 13.4. The second-order valence-corrected chi connectivity index (χ2v) is 4.64. The van der Waals surface area contributed by atoms with Crippen LogP contribution in [-0.2, 0) is 14.8 Å². The van der Waals surface area contributed by atoms with Crippen molar-refractivity contribution >= 4 is 17.6 Å². The minimum atomic E-state index is -0.754. The number of hydrogen-bond acceptors (Lipinski definition) is 5. The zero-order valence-electron chi connectivity index (χ0n) is 10.2. The normalized spacial score (nSPS) is 11.3. The third-order valence-electron chi connectivity index (χ3n) is 2.18. The molecule has 0 aliphatic carbocycles. The number of carbonyl (C=O) groups excluding carboxylic acids is 1. The van der Waals surface area contributed by atoms with Crippen molar-refractivity contribution in [3.05, 3.63) is 34.9 Å². The molecule has 0 aliphatic heterocycles. The van der Waals surface area contributed by atoms with Crippen LogP contribution in [0.1, 0.15) is 30.6 Å². The molecule has 1 rings (SSSR count). The summed E-state index contributed by atoms with van der Waals surface area (Å²) in [4.78, 5) is 20.9. The molecule has 18 heavy (non-hydrogen) atoms. The molecule has 0 radical (unpaired) electrons. The van der Waals surface area contributed by atoms with Crippen molar-refractivity contribution in [3.8, 4) is 0 Å². The van der Waals surface area contributed by atoms with Crippen molar-refractivity contribution in [1.29, 1.82) is 0 Å². The van der Waals surface area contributed by atoms with E-state index in [9.17, 15) is 4.79 Å². The minimum Gasteiger partial charge on any atom is -0.396 e. The van der Waals surface area contributed by atoms with Crippen LogP contribution in [0.2, 0.25) is 5.02 Å². The van der Waals surface area contributed by atoms with Crippen LogP contribution >= 0.6 is 11.6 Å². The maximum atomic E-state index is 11.5. The van der Waals surface area contributed by atoms with Gasteiger partial charge in [-0.25, -0.2) is 4.79 Å². The van der Waals surface area contributed by atoms with Gasteiger partial charge < -0.3 is 5.11 Å². The molecule has 0 aliphatic rings. The Morgan fingerprint density at radius 3 is 2.67 bits per heavy atom. The van der Waals surface area contributed by atoms with E-state index in [1.54, 1.807) is 32.0 Å². The summed E-state index contributed by atoms with van der Waals surface area (Å²) in [5.74, 6) is -0.750. The van der Waals surface area contributed by atoms with Crippen LogP contribution in [0, 0.1) is 0 Å². The van der Waals surface area contributed by atoms with Gasteiger partial charge in [-0.15, -0.1) is 0 Å². The maximum absolute atomic E-state index is 11.5. The molecular weight excluding hydrogens is 260 g/mol. The maximum Gasteiger partial charge on any atom is 0.377 e. The number of aliphatic hydroxyl groups excluding tert-OH is 1. The zero-order chi connectivity index (χ0) is 13.6. The standard InChI is InChI=1S/C12H15ClO5/c1-12(2,7-8-14)17-18-16-11(15)9-5-3-4-6-10(9)13/h3-6,14H,7-8H2,1-2H3. The first-order valence-electron chi connectivity index (χ1n) is 5.38. The van der Waals surface area contributed by atoms with Crippen molar-refractivity contribution in [3.63, 3.8) is 0 Å². The van der Waals surface area contributed by atoms with Crippen LogP contribution in [-0.4, -0.2) is 23.3 Å². The van der Waals surface area contributed by atoms with Crippen LogP contribution in [0.25, 0.3) is 0 Å². The first kappa shape index (κ1) is 14.9. The van der Waals surface area contributed by atoms with Gasteiger partial charge in [-0.05, 0) is 31.0 Å². The highest BCUT2D eigenvalue weighted by Crippen LogP contribution is 2.18. The predicted octanol–water partition coefficient (Wildman–Crippen LogP) is 2.52. The van der Waals surface area contributed by atoms with Gasteiger partial charge in [0.15, 0.2) is 0 Å². The van der Waals surface area contributed by atoms with Gasteiger partial charge in [-0.1, -0.05) is 23.7 Å². The highest BCUT2D eigenvalue weighted by molar-refractivity contribution is 6.33. The molecule has 100 valence electrons. The number of carbonyl (C=O) groups is 1. The molecule has 0 amide bonds. The Bertz CT molecular complexity index is 405. The Hall–Kier alpha value is -1.14. The molecule has 5 nitrogen and oxygen atoms in total. The van der Waals surface area contributed by atoms with E-state index in [1.165, 1.54) is 6.07 Å². The van der Waals surface area contributed by atoms with Gasteiger partial charge in [0, 0.05) is 13.0 Å². The minimum absolute atomic E-state index is 0.0607. The summed E-state index contributed by atoms with van der Waals surface area (Å²) in [6.07, 6.45) is 0.344. The van der Waals surface area contributed by atoms with E-state index in [2.05, 4.69) is 9.93 Å². The molecule has 0 fully saturated rings. The monoisotopic (exact) mass is 274 g/mol. The van der Waals surface area contributed by atoms with Gasteiger partial charge in [-0.2, -0.15) is 4.89 Å². The van der Waals surface area contributed by atoms with Crippen LogP contribution in [0.3, 0.4) is 0 Å². The highest BCUT2D eigenvalue weighted by Gasteiger charge is 2.21. The quantitative estimate of drug-likeness (QED) is 0.638. The van der Waals surface area contributed by atoms with Crippen LogP contribution in [0.4, 0.5) is 0 Å².